The van der Waals surface area contributed by atoms with Crippen molar-refractivity contribution in [3.63, 3.8) is 0 Å². The Morgan fingerprint density at radius 1 is 1.33 bits per heavy atom. The molecule has 27 heavy (non-hydrogen) atoms. The second-order valence-electron chi connectivity index (χ2n) is 6.32. The van der Waals surface area contributed by atoms with Gasteiger partial charge in [-0.25, -0.2) is 4.79 Å². The largest absolute Gasteiger partial charge is 0.390 e. The van der Waals surface area contributed by atoms with Crippen LogP contribution in [0.25, 0.3) is 0 Å². The molecule has 9 heteroatoms. The zero-order valence-electron chi connectivity index (χ0n) is 14.7. The molecule has 1 aliphatic heterocycles. The van der Waals surface area contributed by atoms with Gasteiger partial charge in [0.15, 0.2) is 0 Å². The zero-order chi connectivity index (χ0) is 19.6. The SMILES string of the molecule is CCc1cn([C@H]2C[C@H](O)[C@@H](CSCc3c(Cl)cccc3Cl)O2)c(=O)[nH]c1=O. The van der Waals surface area contributed by atoms with Crippen molar-refractivity contribution in [1.29, 1.82) is 0 Å². The molecule has 2 N–H and O–H groups in total. The predicted octanol–water partition coefficient (Wildman–Crippen LogP) is 2.99. The van der Waals surface area contributed by atoms with E-state index in [-0.39, 0.29) is 12.0 Å². The van der Waals surface area contributed by atoms with Gasteiger partial charge in [0.2, 0.25) is 0 Å². The highest BCUT2D eigenvalue weighted by Gasteiger charge is 2.35. The number of aliphatic hydroxyl groups is 1. The highest BCUT2D eigenvalue weighted by molar-refractivity contribution is 7.98. The van der Waals surface area contributed by atoms with Crippen molar-refractivity contribution in [1.82, 2.24) is 9.55 Å². The van der Waals surface area contributed by atoms with Crippen LogP contribution in [0.5, 0.6) is 0 Å². The lowest BCUT2D eigenvalue weighted by atomic mass is 10.2. The standard InChI is InChI=1S/C18H20Cl2N2O4S/c1-2-10-7-22(18(25)21-17(10)24)16-6-14(23)15(26-16)9-27-8-11-12(19)4-3-5-13(11)20/h3-5,7,14-16,23H,2,6,8-9H2,1H3,(H,21,24,25)/t14-,15+,16+/m0/s1. The number of thioether (sulfide) groups is 1. The number of H-pyrrole nitrogens is 1. The number of benzene rings is 1. The van der Waals surface area contributed by atoms with Crippen LogP contribution in [0, 0.1) is 0 Å². The summed E-state index contributed by atoms with van der Waals surface area (Å²) in [5.41, 5.74) is 0.421. The molecule has 0 unspecified atom stereocenters. The number of ether oxygens (including phenoxy) is 1. The Labute approximate surface area is 170 Å². The Morgan fingerprint density at radius 2 is 2.04 bits per heavy atom. The van der Waals surface area contributed by atoms with Crippen LogP contribution in [0.15, 0.2) is 34.0 Å². The third-order valence-corrected chi connectivity index (χ3v) is 6.29. The summed E-state index contributed by atoms with van der Waals surface area (Å²) in [6, 6.07) is 5.36. The van der Waals surface area contributed by atoms with Gasteiger partial charge in [-0.3, -0.25) is 14.3 Å². The smallest absolute Gasteiger partial charge is 0.330 e. The minimum Gasteiger partial charge on any atom is -0.390 e. The summed E-state index contributed by atoms with van der Waals surface area (Å²) in [4.78, 5) is 26.1. The summed E-state index contributed by atoms with van der Waals surface area (Å²) in [7, 11) is 0. The van der Waals surface area contributed by atoms with E-state index in [2.05, 4.69) is 4.98 Å². The molecule has 6 nitrogen and oxygen atoms in total. The normalized spacial score (nSPS) is 22.3. The van der Waals surface area contributed by atoms with Crippen LogP contribution < -0.4 is 11.2 Å². The number of halogens is 2. The number of nitrogens with zero attached hydrogens (tertiary/aromatic N) is 1. The Balaban J connectivity index is 1.65. The molecule has 3 atom stereocenters. The van der Waals surface area contributed by atoms with E-state index in [1.165, 1.54) is 10.8 Å². The van der Waals surface area contributed by atoms with Gasteiger partial charge in [0, 0.05) is 39.7 Å². The third-order valence-electron chi connectivity index (χ3n) is 4.53. The highest BCUT2D eigenvalue weighted by Crippen LogP contribution is 2.32. The van der Waals surface area contributed by atoms with Gasteiger partial charge in [-0.1, -0.05) is 36.2 Å². The molecule has 0 radical (unpaired) electrons. The second kappa shape index (κ2) is 8.84. The van der Waals surface area contributed by atoms with E-state index >= 15 is 0 Å². The van der Waals surface area contributed by atoms with Crippen LogP contribution in [0.2, 0.25) is 10.0 Å². The Kier molecular flexibility index (Phi) is 6.70. The number of aromatic nitrogens is 2. The molecular formula is C18H20Cl2N2O4S. The molecule has 3 rings (SSSR count). The zero-order valence-corrected chi connectivity index (χ0v) is 17.0. The highest BCUT2D eigenvalue weighted by atomic mass is 35.5. The Bertz CT molecular complexity index is 910. The number of hydrogen-bond donors (Lipinski definition) is 2. The summed E-state index contributed by atoms with van der Waals surface area (Å²) >= 11 is 13.9. The van der Waals surface area contributed by atoms with E-state index in [1.807, 2.05) is 6.92 Å². The van der Waals surface area contributed by atoms with E-state index in [4.69, 9.17) is 27.9 Å². The van der Waals surface area contributed by atoms with Crippen molar-refractivity contribution >= 4 is 35.0 Å². The van der Waals surface area contributed by atoms with Crippen LogP contribution in [-0.2, 0) is 16.9 Å². The molecule has 0 amide bonds. The first kappa shape index (κ1) is 20.5. The van der Waals surface area contributed by atoms with Crippen molar-refractivity contribution in [3.8, 4) is 0 Å². The number of rotatable bonds is 6. The topological polar surface area (TPSA) is 84.3 Å². The van der Waals surface area contributed by atoms with Gasteiger partial charge in [-0.15, -0.1) is 0 Å². The first-order chi connectivity index (χ1) is 12.9. The van der Waals surface area contributed by atoms with Crippen LogP contribution in [0.4, 0.5) is 0 Å². The number of nitrogens with one attached hydrogen (secondary N) is 1. The number of aliphatic hydroxyl groups excluding tert-OH is 1. The van der Waals surface area contributed by atoms with Crippen molar-refractivity contribution in [3.05, 3.63) is 66.4 Å². The maximum Gasteiger partial charge on any atom is 0.330 e. The fraction of sp³-hybridized carbons (Fsp3) is 0.444. The molecule has 1 aromatic carbocycles. The Morgan fingerprint density at radius 3 is 2.70 bits per heavy atom. The molecule has 2 heterocycles. The van der Waals surface area contributed by atoms with Gasteiger partial charge in [-0.05, 0) is 24.1 Å². The first-order valence-corrected chi connectivity index (χ1v) is 10.5. The first-order valence-electron chi connectivity index (χ1n) is 8.59. The van der Waals surface area contributed by atoms with Crippen molar-refractivity contribution in [2.24, 2.45) is 0 Å². The number of aryl methyl sites for hydroxylation is 1. The van der Waals surface area contributed by atoms with Crippen LogP contribution in [0.1, 0.15) is 30.7 Å². The van der Waals surface area contributed by atoms with E-state index in [1.54, 1.807) is 30.0 Å². The molecule has 0 aliphatic carbocycles. The van der Waals surface area contributed by atoms with Gasteiger partial charge < -0.3 is 9.84 Å². The predicted molar refractivity (Wildman–Crippen MR) is 108 cm³/mol. The van der Waals surface area contributed by atoms with Crippen LogP contribution in [0.3, 0.4) is 0 Å². The fourth-order valence-corrected chi connectivity index (χ4v) is 4.83. The second-order valence-corrected chi connectivity index (χ2v) is 8.17. The molecule has 1 saturated heterocycles. The summed E-state index contributed by atoms with van der Waals surface area (Å²) in [5.74, 6) is 1.12. The lowest BCUT2D eigenvalue weighted by Crippen LogP contribution is -2.34. The monoisotopic (exact) mass is 430 g/mol. The molecule has 0 saturated carbocycles. The molecule has 1 aliphatic rings. The fourth-order valence-electron chi connectivity index (χ4n) is 2.98. The average Bonchev–Trinajstić information content (AvgIpc) is 2.98. The Hall–Kier alpha value is -1.25. The quantitative estimate of drug-likeness (QED) is 0.735. The van der Waals surface area contributed by atoms with Crippen molar-refractivity contribution in [2.45, 2.75) is 44.0 Å². The molecule has 2 aromatic rings. The lowest BCUT2D eigenvalue weighted by Gasteiger charge is -2.16. The number of aromatic amines is 1. The maximum absolute atomic E-state index is 12.1. The molecule has 0 bridgehead atoms. The summed E-state index contributed by atoms with van der Waals surface area (Å²) in [6.07, 6.45) is 0.565. The molecular weight excluding hydrogens is 411 g/mol. The van der Waals surface area contributed by atoms with Gasteiger partial charge >= 0.3 is 5.69 Å². The van der Waals surface area contributed by atoms with Gasteiger partial charge in [0.1, 0.15) is 6.23 Å². The minimum atomic E-state index is -0.701. The summed E-state index contributed by atoms with van der Waals surface area (Å²) in [6.45, 7) is 1.84. The maximum atomic E-state index is 12.1. The van der Waals surface area contributed by atoms with E-state index in [0.717, 1.165) is 5.56 Å². The van der Waals surface area contributed by atoms with Crippen LogP contribution in [-0.4, -0.2) is 32.6 Å². The molecule has 1 fully saturated rings. The van der Waals surface area contributed by atoms with Crippen molar-refractivity contribution in [2.75, 3.05) is 5.75 Å². The molecule has 146 valence electrons. The number of hydrogen-bond acceptors (Lipinski definition) is 5. The molecule has 0 spiro atoms. The third kappa shape index (κ3) is 4.60. The van der Waals surface area contributed by atoms with Gasteiger partial charge in [-0.2, -0.15) is 11.8 Å². The van der Waals surface area contributed by atoms with E-state index in [9.17, 15) is 14.7 Å². The molecule has 1 aromatic heterocycles. The van der Waals surface area contributed by atoms with Gasteiger partial charge in [0.05, 0.1) is 12.2 Å². The average molecular weight is 431 g/mol. The summed E-state index contributed by atoms with van der Waals surface area (Å²) in [5, 5.41) is 11.5. The summed E-state index contributed by atoms with van der Waals surface area (Å²) < 4.78 is 7.23. The van der Waals surface area contributed by atoms with Crippen LogP contribution >= 0.6 is 35.0 Å². The van der Waals surface area contributed by atoms with Crippen molar-refractivity contribution < 1.29 is 9.84 Å². The van der Waals surface area contributed by atoms with Gasteiger partial charge in [0.25, 0.3) is 5.56 Å². The minimum absolute atomic E-state index is 0.285. The lowest BCUT2D eigenvalue weighted by molar-refractivity contribution is -0.00767. The van der Waals surface area contributed by atoms with E-state index in [0.29, 0.717) is 33.5 Å². The van der Waals surface area contributed by atoms with E-state index < -0.39 is 24.1 Å².